The predicted octanol–water partition coefficient (Wildman–Crippen LogP) is 2.94. The van der Waals surface area contributed by atoms with E-state index in [0.29, 0.717) is 16.5 Å². The maximum absolute atomic E-state index is 12.3. The molecule has 6 nitrogen and oxygen atoms in total. The predicted molar refractivity (Wildman–Crippen MR) is 88.7 cm³/mol. The molecule has 0 aliphatic rings. The molecule has 0 saturated heterocycles. The number of sulfonamides is 1. The van der Waals surface area contributed by atoms with Crippen molar-refractivity contribution in [2.45, 2.75) is 4.90 Å². The third-order valence-electron chi connectivity index (χ3n) is 3.20. The van der Waals surface area contributed by atoms with Gasteiger partial charge >= 0.3 is 0 Å². The van der Waals surface area contributed by atoms with Gasteiger partial charge in [0.05, 0.1) is 5.69 Å². The molecule has 0 bridgehead atoms. The Morgan fingerprint density at radius 2 is 1.91 bits per heavy atom. The van der Waals surface area contributed by atoms with Crippen molar-refractivity contribution in [2.75, 3.05) is 4.72 Å². The summed E-state index contributed by atoms with van der Waals surface area (Å²) in [6, 6.07) is 11.9. The molecule has 2 heterocycles. The summed E-state index contributed by atoms with van der Waals surface area (Å²) in [5.74, 6) is 0.360. The van der Waals surface area contributed by atoms with Crippen LogP contribution in [0.1, 0.15) is 0 Å². The van der Waals surface area contributed by atoms with Crippen LogP contribution in [0.3, 0.4) is 0 Å². The van der Waals surface area contributed by atoms with E-state index in [1.165, 1.54) is 23.1 Å². The number of pyridine rings is 1. The molecule has 3 rings (SSSR count). The molecule has 3 aromatic rings. The van der Waals surface area contributed by atoms with Crippen molar-refractivity contribution in [1.29, 1.82) is 0 Å². The molecule has 0 fully saturated rings. The van der Waals surface area contributed by atoms with Crippen LogP contribution in [0, 0.1) is 0 Å². The van der Waals surface area contributed by atoms with Gasteiger partial charge in [0.25, 0.3) is 10.0 Å². The van der Waals surface area contributed by atoms with Crippen LogP contribution in [0.25, 0.3) is 11.3 Å². The molecule has 0 spiro atoms. The van der Waals surface area contributed by atoms with Gasteiger partial charge in [-0.25, -0.2) is 8.42 Å². The third-order valence-corrected chi connectivity index (χ3v) is 4.80. The first-order chi connectivity index (χ1) is 11.0. The minimum atomic E-state index is -3.71. The number of anilines is 1. The largest absolute Gasteiger partial charge is 0.264 e. The molecule has 0 aliphatic carbocycles. The summed E-state index contributed by atoms with van der Waals surface area (Å²) in [5, 5.41) is 4.95. The quantitative estimate of drug-likeness (QED) is 0.786. The number of hydrogen-bond acceptors (Lipinski definition) is 4. The lowest BCUT2D eigenvalue weighted by Crippen LogP contribution is -2.15. The maximum Gasteiger partial charge on any atom is 0.264 e. The van der Waals surface area contributed by atoms with Gasteiger partial charge in [-0.1, -0.05) is 23.7 Å². The first kappa shape index (κ1) is 15.5. The number of benzene rings is 1. The molecule has 2 aromatic heterocycles. The molecule has 0 radical (unpaired) electrons. The van der Waals surface area contributed by atoms with E-state index in [1.54, 1.807) is 31.3 Å². The first-order valence-electron chi connectivity index (χ1n) is 6.68. The minimum Gasteiger partial charge on any atom is -0.264 e. The average molecular weight is 349 g/mol. The number of hydrogen-bond donors (Lipinski definition) is 1. The molecular formula is C15H13ClN4O2S. The second-order valence-corrected chi connectivity index (χ2v) is 6.96. The topological polar surface area (TPSA) is 76.9 Å². The fraction of sp³-hybridized carbons (Fsp3) is 0.0667. The molecule has 118 valence electrons. The normalized spacial score (nSPS) is 11.4. The molecule has 0 aliphatic heterocycles. The zero-order valence-corrected chi connectivity index (χ0v) is 13.7. The summed E-state index contributed by atoms with van der Waals surface area (Å²) >= 11 is 5.87. The Kier molecular flexibility index (Phi) is 4.06. The SMILES string of the molecule is Cn1nc(-c2ccc(Cl)cc2)cc1NS(=O)(=O)c1cccnc1. The average Bonchev–Trinajstić information content (AvgIpc) is 2.89. The smallest absolute Gasteiger partial charge is 0.264 e. The Morgan fingerprint density at radius 1 is 1.17 bits per heavy atom. The Morgan fingerprint density at radius 3 is 2.57 bits per heavy atom. The van der Waals surface area contributed by atoms with E-state index in [9.17, 15) is 8.42 Å². The van der Waals surface area contributed by atoms with Crippen LogP contribution >= 0.6 is 11.6 Å². The number of aryl methyl sites for hydroxylation is 1. The second kappa shape index (κ2) is 6.02. The summed E-state index contributed by atoms with van der Waals surface area (Å²) in [6.07, 6.45) is 2.81. The lowest BCUT2D eigenvalue weighted by atomic mass is 10.1. The minimum absolute atomic E-state index is 0.0919. The second-order valence-electron chi connectivity index (χ2n) is 4.84. The van der Waals surface area contributed by atoms with Gasteiger partial charge in [-0.2, -0.15) is 5.10 Å². The summed E-state index contributed by atoms with van der Waals surface area (Å²) in [7, 11) is -2.04. The Hall–Kier alpha value is -2.38. The molecule has 0 unspecified atom stereocenters. The van der Waals surface area contributed by atoms with E-state index in [4.69, 9.17) is 11.6 Å². The van der Waals surface area contributed by atoms with Crippen molar-refractivity contribution in [1.82, 2.24) is 14.8 Å². The fourth-order valence-corrected chi connectivity index (χ4v) is 3.19. The molecule has 0 saturated carbocycles. The number of rotatable bonds is 4. The standard InChI is InChI=1S/C15H13ClN4O2S/c1-20-15(19-23(21,22)13-3-2-8-17-10-13)9-14(18-20)11-4-6-12(16)7-5-11/h2-10,19H,1H3. The first-order valence-corrected chi connectivity index (χ1v) is 8.55. The van der Waals surface area contributed by atoms with Crippen molar-refractivity contribution in [3.63, 3.8) is 0 Å². The van der Waals surface area contributed by atoms with Gasteiger partial charge in [0, 0.05) is 36.1 Å². The molecule has 23 heavy (non-hydrogen) atoms. The zero-order valence-electron chi connectivity index (χ0n) is 12.1. The van der Waals surface area contributed by atoms with Crippen LogP contribution in [0.5, 0.6) is 0 Å². The van der Waals surface area contributed by atoms with E-state index in [-0.39, 0.29) is 4.90 Å². The Labute approximate surface area is 138 Å². The number of nitrogens with zero attached hydrogens (tertiary/aromatic N) is 3. The highest BCUT2D eigenvalue weighted by atomic mass is 35.5. The van der Waals surface area contributed by atoms with Gasteiger partial charge in [-0.3, -0.25) is 14.4 Å². The lowest BCUT2D eigenvalue weighted by molar-refractivity contribution is 0.600. The Bertz CT molecular complexity index is 922. The van der Waals surface area contributed by atoms with Crippen molar-refractivity contribution in [3.05, 3.63) is 59.9 Å². The van der Waals surface area contributed by atoms with E-state index >= 15 is 0 Å². The highest BCUT2D eigenvalue weighted by molar-refractivity contribution is 7.92. The summed E-state index contributed by atoms with van der Waals surface area (Å²) in [4.78, 5) is 3.91. The third kappa shape index (κ3) is 3.35. The van der Waals surface area contributed by atoms with Gasteiger partial charge in [0.1, 0.15) is 10.7 Å². The van der Waals surface area contributed by atoms with E-state index < -0.39 is 10.0 Å². The van der Waals surface area contributed by atoms with Crippen LogP contribution in [0.15, 0.2) is 59.8 Å². The van der Waals surface area contributed by atoms with Gasteiger partial charge in [-0.05, 0) is 24.3 Å². The molecule has 0 atom stereocenters. The van der Waals surface area contributed by atoms with Gasteiger partial charge in [-0.15, -0.1) is 0 Å². The van der Waals surface area contributed by atoms with Crippen molar-refractivity contribution < 1.29 is 8.42 Å². The van der Waals surface area contributed by atoms with Crippen molar-refractivity contribution >= 4 is 27.4 Å². The lowest BCUT2D eigenvalue weighted by Gasteiger charge is -2.06. The monoisotopic (exact) mass is 348 g/mol. The van der Waals surface area contributed by atoms with Crippen LogP contribution in [-0.2, 0) is 17.1 Å². The number of aromatic nitrogens is 3. The van der Waals surface area contributed by atoms with Gasteiger partial charge in [0.15, 0.2) is 0 Å². The molecule has 1 N–H and O–H groups in total. The summed E-state index contributed by atoms with van der Waals surface area (Å²) < 4.78 is 28.7. The van der Waals surface area contributed by atoms with E-state index in [2.05, 4.69) is 14.8 Å². The van der Waals surface area contributed by atoms with Crippen LogP contribution in [0.4, 0.5) is 5.82 Å². The van der Waals surface area contributed by atoms with Crippen molar-refractivity contribution in [3.8, 4) is 11.3 Å². The highest BCUT2D eigenvalue weighted by Crippen LogP contribution is 2.24. The highest BCUT2D eigenvalue weighted by Gasteiger charge is 2.17. The van der Waals surface area contributed by atoms with Crippen LogP contribution in [0.2, 0.25) is 5.02 Å². The van der Waals surface area contributed by atoms with Gasteiger partial charge < -0.3 is 0 Å². The van der Waals surface area contributed by atoms with Crippen molar-refractivity contribution in [2.24, 2.45) is 7.05 Å². The molecule has 0 amide bonds. The Balaban J connectivity index is 1.91. The van der Waals surface area contributed by atoms with Crippen LogP contribution < -0.4 is 4.72 Å². The fourth-order valence-electron chi connectivity index (χ4n) is 2.03. The van der Waals surface area contributed by atoms with E-state index in [1.807, 2.05) is 12.1 Å². The van der Waals surface area contributed by atoms with Gasteiger partial charge in [0.2, 0.25) is 0 Å². The molecular weight excluding hydrogens is 336 g/mol. The van der Waals surface area contributed by atoms with Crippen LogP contribution in [-0.4, -0.2) is 23.2 Å². The zero-order chi connectivity index (χ0) is 16.4. The molecule has 8 heteroatoms. The molecule has 1 aromatic carbocycles. The summed E-state index contributed by atoms with van der Waals surface area (Å²) in [6.45, 7) is 0. The number of nitrogens with one attached hydrogen (secondary N) is 1. The summed E-state index contributed by atoms with van der Waals surface area (Å²) in [5.41, 5.74) is 1.49. The van der Waals surface area contributed by atoms with E-state index in [0.717, 1.165) is 5.56 Å². The number of halogens is 1. The maximum atomic E-state index is 12.3.